The van der Waals surface area contributed by atoms with Gasteiger partial charge in [-0.25, -0.2) is 9.18 Å². The number of rotatable bonds is 4. The fourth-order valence-electron chi connectivity index (χ4n) is 1.78. The summed E-state index contributed by atoms with van der Waals surface area (Å²) in [5.41, 5.74) is -0.266. The van der Waals surface area contributed by atoms with Crippen LogP contribution in [0.5, 0.6) is 11.5 Å². The summed E-state index contributed by atoms with van der Waals surface area (Å²) < 4.78 is 18.9. The van der Waals surface area contributed by atoms with Crippen LogP contribution in [-0.2, 0) is 0 Å². The Balaban J connectivity index is 2.42. The predicted octanol–water partition coefficient (Wildman–Crippen LogP) is 3.53. The highest BCUT2D eigenvalue weighted by Gasteiger charge is 2.18. The lowest BCUT2D eigenvalue weighted by atomic mass is 10.1. The van der Waals surface area contributed by atoms with E-state index in [4.69, 9.17) is 9.84 Å². The topological polar surface area (TPSA) is 89.7 Å². The molecule has 0 radical (unpaired) electrons. The molecule has 0 aliphatic rings. The average Bonchev–Trinajstić information content (AvgIpc) is 2.40. The van der Waals surface area contributed by atoms with E-state index in [-0.39, 0.29) is 17.2 Å². The van der Waals surface area contributed by atoms with Crippen molar-refractivity contribution in [2.45, 2.75) is 6.92 Å². The lowest BCUT2D eigenvalue weighted by Crippen LogP contribution is -2.04. The van der Waals surface area contributed by atoms with Crippen LogP contribution in [0.1, 0.15) is 15.9 Å². The van der Waals surface area contributed by atoms with E-state index in [1.54, 1.807) is 6.92 Å². The van der Waals surface area contributed by atoms with Gasteiger partial charge in [0.2, 0.25) is 0 Å². The number of carboxylic acid groups (broad SMARTS) is 1. The first-order chi connectivity index (χ1) is 9.90. The summed E-state index contributed by atoms with van der Waals surface area (Å²) in [6.45, 7) is 1.57. The first kappa shape index (κ1) is 14.4. The molecular weight excluding hydrogens is 281 g/mol. The molecule has 6 nitrogen and oxygen atoms in total. The third-order valence-electron chi connectivity index (χ3n) is 2.78. The highest BCUT2D eigenvalue weighted by Crippen LogP contribution is 2.31. The molecule has 0 saturated carbocycles. The second-order valence-corrected chi connectivity index (χ2v) is 4.23. The maximum atomic E-state index is 13.5. The van der Waals surface area contributed by atoms with Crippen LogP contribution < -0.4 is 4.74 Å². The quantitative estimate of drug-likeness (QED) is 0.687. The minimum Gasteiger partial charge on any atom is -0.477 e. The normalized spacial score (nSPS) is 10.2. The molecule has 2 rings (SSSR count). The minimum atomic E-state index is -1.46. The second-order valence-electron chi connectivity index (χ2n) is 4.23. The Morgan fingerprint density at radius 3 is 2.57 bits per heavy atom. The van der Waals surface area contributed by atoms with Gasteiger partial charge in [0.15, 0.2) is 0 Å². The van der Waals surface area contributed by atoms with Gasteiger partial charge in [0.25, 0.3) is 5.69 Å². The number of aromatic carboxylic acids is 1. The molecule has 2 aromatic carbocycles. The predicted molar refractivity (Wildman–Crippen MR) is 71.3 cm³/mol. The summed E-state index contributed by atoms with van der Waals surface area (Å²) >= 11 is 0. The largest absolute Gasteiger partial charge is 0.477 e. The van der Waals surface area contributed by atoms with Crippen LogP contribution in [0.2, 0.25) is 0 Å². The minimum absolute atomic E-state index is 0.113. The monoisotopic (exact) mass is 291 g/mol. The zero-order chi connectivity index (χ0) is 15.6. The smallest absolute Gasteiger partial charge is 0.342 e. The first-order valence-corrected chi connectivity index (χ1v) is 5.85. The number of benzene rings is 2. The first-order valence-electron chi connectivity index (χ1n) is 5.85. The number of aryl methyl sites for hydroxylation is 1. The molecule has 7 heteroatoms. The number of carbonyl (C=O) groups is 1. The van der Waals surface area contributed by atoms with Crippen LogP contribution in [0.4, 0.5) is 10.1 Å². The van der Waals surface area contributed by atoms with Crippen molar-refractivity contribution in [2.24, 2.45) is 0 Å². The van der Waals surface area contributed by atoms with E-state index in [0.29, 0.717) is 5.56 Å². The molecular formula is C14H10FNO5. The van der Waals surface area contributed by atoms with Gasteiger partial charge >= 0.3 is 5.97 Å². The Labute approximate surface area is 118 Å². The van der Waals surface area contributed by atoms with Gasteiger partial charge in [-0.05, 0) is 30.7 Å². The zero-order valence-electron chi connectivity index (χ0n) is 10.9. The highest BCUT2D eigenvalue weighted by atomic mass is 19.1. The third-order valence-corrected chi connectivity index (χ3v) is 2.78. The van der Waals surface area contributed by atoms with Crippen molar-refractivity contribution in [3.63, 3.8) is 0 Å². The van der Waals surface area contributed by atoms with E-state index < -0.39 is 22.3 Å². The molecule has 0 saturated heterocycles. The van der Waals surface area contributed by atoms with E-state index in [9.17, 15) is 19.3 Å². The Kier molecular flexibility index (Phi) is 3.84. The molecule has 0 atom stereocenters. The number of hydrogen-bond acceptors (Lipinski definition) is 4. The van der Waals surface area contributed by atoms with Gasteiger partial charge < -0.3 is 9.84 Å². The Morgan fingerprint density at radius 2 is 2.00 bits per heavy atom. The number of nitro groups is 1. The molecule has 0 aliphatic heterocycles. The van der Waals surface area contributed by atoms with Gasteiger partial charge in [0.1, 0.15) is 22.9 Å². The number of carboxylic acids is 1. The van der Waals surface area contributed by atoms with Gasteiger partial charge in [-0.1, -0.05) is 6.07 Å². The van der Waals surface area contributed by atoms with Gasteiger partial charge in [0.05, 0.1) is 4.92 Å². The number of ether oxygens (including phenoxy) is 1. The lowest BCUT2D eigenvalue weighted by Gasteiger charge is -2.11. The Morgan fingerprint density at radius 1 is 1.29 bits per heavy atom. The number of hydrogen-bond donors (Lipinski definition) is 1. The van der Waals surface area contributed by atoms with Crippen molar-refractivity contribution >= 4 is 11.7 Å². The van der Waals surface area contributed by atoms with Crippen LogP contribution in [0, 0.1) is 22.9 Å². The van der Waals surface area contributed by atoms with Crippen LogP contribution in [0.15, 0.2) is 36.4 Å². The number of non-ortho nitro benzene ring substituents is 1. The number of halogens is 1. The van der Waals surface area contributed by atoms with Crippen molar-refractivity contribution in [3.8, 4) is 11.5 Å². The van der Waals surface area contributed by atoms with Crippen molar-refractivity contribution in [1.82, 2.24) is 0 Å². The van der Waals surface area contributed by atoms with E-state index in [2.05, 4.69) is 0 Å². The number of nitrogens with zero attached hydrogens (tertiary/aromatic N) is 1. The van der Waals surface area contributed by atoms with Crippen LogP contribution in [0.3, 0.4) is 0 Å². The Bertz CT molecular complexity index is 729. The van der Waals surface area contributed by atoms with Crippen molar-refractivity contribution in [2.75, 3.05) is 0 Å². The molecule has 0 fully saturated rings. The van der Waals surface area contributed by atoms with Gasteiger partial charge in [0, 0.05) is 12.1 Å². The summed E-state index contributed by atoms with van der Waals surface area (Å²) in [6, 6.07) is 7.49. The van der Waals surface area contributed by atoms with Crippen molar-refractivity contribution in [3.05, 3.63) is 63.5 Å². The summed E-state index contributed by atoms with van der Waals surface area (Å²) in [7, 11) is 0. The molecule has 0 amide bonds. The fourth-order valence-corrected chi connectivity index (χ4v) is 1.78. The van der Waals surface area contributed by atoms with Crippen LogP contribution in [0.25, 0.3) is 0 Å². The molecule has 21 heavy (non-hydrogen) atoms. The molecule has 1 N–H and O–H groups in total. The standard InChI is InChI=1S/C14H10FNO5/c1-8-7-9(16(19)20)5-6-11(8)21-12-4-2-3-10(15)13(12)14(17)18/h2-7H,1H3,(H,17,18). The highest BCUT2D eigenvalue weighted by molar-refractivity contribution is 5.91. The summed E-state index contributed by atoms with van der Waals surface area (Å²) in [6.07, 6.45) is 0. The van der Waals surface area contributed by atoms with Crippen molar-refractivity contribution in [1.29, 1.82) is 0 Å². The van der Waals surface area contributed by atoms with Gasteiger partial charge in [-0.2, -0.15) is 0 Å². The second kappa shape index (κ2) is 5.58. The summed E-state index contributed by atoms with van der Waals surface area (Å²) in [5, 5.41) is 19.6. The van der Waals surface area contributed by atoms with E-state index in [1.165, 1.54) is 30.3 Å². The summed E-state index contributed by atoms with van der Waals surface area (Å²) in [5.74, 6) is -2.32. The number of nitro benzene ring substituents is 1. The molecule has 0 heterocycles. The maximum Gasteiger partial charge on any atom is 0.342 e. The maximum absolute atomic E-state index is 13.5. The lowest BCUT2D eigenvalue weighted by molar-refractivity contribution is -0.384. The van der Waals surface area contributed by atoms with E-state index in [0.717, 1.165) is 6.07 Å². The molecule has 0 spiro atoms. The molecule has 0 unspecified atom stereocenters. The fraction of sp³-hybridized carbons (Fsp3) is 0.0714. The van der Waals surface area contributed by atoms with Gasteiger partial charge in [-0.3, -0.25) is 10.1 Å². The van der Waals surface area contributed by atoms with Crippen LogP contribution >= 0.6 is 0 Å². The van der Waals surface area contributed by atoms with E-state index in [1.807, 2.05) is 0 Å². The Hall–Kier alpha value is -2.96. The van der Waals surface area contributed by atoms with Gasteiger partial charge in [-0.15, -0.1) is 0 Å². The van der Waals surface area contributed by atoms with Crippen LogP contribution in [-0.4, -0.2) is 16.0 Å². The molecule has 0 aromatic heterocycles. The third kappa shape index (κ3) is 2.97. The molecule has 0 aliphatic carbocycles. The summed E-state index contributed by atoms with van der Waals surface area (Å²) in [4.78, 5) is 21.1. The molecule has 0 bridgehead atoms. The molecule has 2 aromatic rings. The molecule has 108 valence electrons. The van der Waals surface area contributed by atoms with Crippen molar-refractivity contribution < 1.29 is 24.0 Å². The zero-order valence-corrected chi connectivity index (χ0v) is 10.9. The SMILES string of the molecule is Cc1cc([N+](=O)[O-])ccc1Oc1cccc(F)c1C(=O)O. The average molecular weight is 291 g/mol. The van der Waals surface area contributed by atoms with E-state index >= 15 is 0 Å².